The summed E-state index contributed by atoms with van der Waals surface area (Å²) in [5, 5.41) is 11.2. The normalized spacial score (nSPS) is 19.7. The minimum Gasteiger partial charge on any atom is -0.378 e. The number of pyridine rings is 1. The molecule has 1 aliphatic rings. The van der Waals surface area contributed by atoms with Crippen LogP contribution in [0.2, 0.25) is 0 Å². The van der Waals surface area contributed by atoms with Crippen molar-refractivity contribution in [1.82, 2.24) is 20.1 Å². The van der Waals surface area contributed by atoms with Crippen molar-refractivity contribution in [2.45, 2.75) is 18.9 Å². The second-order valence-electron chi connectivity index (χ2n) is 4.51. The molecule has 1 aliphatic heterocycles. The maximum absolute atomic E-state index is 4.40. The molecule has 0 aromatic carbocycles. The summed E-state index contributed by atoms with van der Waals surface area (Å²) < 4.78 is 1.79. The highest BCUT2D eigenvalue weighted by Gasteiger charge is 2.14. The SMILES string of the molecule is c1cnc(-n2cccn2)c(NC2CCCNC2)c1. The molecule has 0 spiro atoms. The first-order valence-electron chi connectivity index (χ1n) is 6.36. The maximum atomic E-state index is 4.40. The molecular weight excluding hydrogens is 226 g/mol. The Morgan fingerprint density at radius 3 is 3.11 bits per heavy atom. The molecule has 3 rings (SSSR count). The van der Waals surface area contributed by atoms with Crippen molar-refractivity contribution in [2.24, 2.45) is 0 Å². The van der Waals surface area contributed by atoms with E-state index in [9.17, 15) is 0 Å². The molecule has 0 bridgehead atoms. The summed E-state index contributed by atoms with van der Waals surface area (Å²) in [6.07, 6.45) is 7.88. The zero-order valence-electron chi connectivity index (χ0n) is 10.2. The molecule has 0 radical (unpaired) electrons. The number of hydrogen-bond acceptors (Lipinski definition) is 4. The van der Waals surface area contributed by atoms with Crippen LogP contribution in [0.1, 0.15) is 12.8 Å². The molecule has 2 N–H and O–H groups in total. The molecule has 94 valence electrons. The van der Waals surface area contributed by atoms with Crippen molar-refractivity contribution < 1.29 is 0 Å². The lowest BCUT2D eigenvalue weighted by molar-refractivity contribution is 0.479. The lowest BCUT2D eigenvalue weighted by Crippen LogP contribution is -2.38. The summed E-state index contributed by atoms with van der Waals surface area (Å²) in [7, 11) is 0. The lowest BCUT2D eigenvalue weighted by atomic mass is 10.1. The first-order chi connectivity index (χ1) is 8.93. The topological polar surface area (TPSA) is 54.8 Å². The molecule has 0 saturated carbocycles. The van der Waals surface area contributed by atoms with Gasteiger partial charge >= 0.3 is 0 Å². The molecule has 3 heterocycles. The number of hydrogen-bond donors (Lipinski definition) is 2. The van der Waals surface area contributed by atoms with Gasteiger partial charge in [-0.1, -0.05) is 0 Å². The minimum atomic E-state index is 0.470. The second kappa shape index (κ2) is 5.18. The Kier molecular flexibility index (Phi) is 3.23. The average Bonchev–Trinajstić information content (AvgIpc) is 2.94. The van der Waals surface area contributed by atoms with E-state index in [1.54, 1.807) is 17.1 Å². The van der Waals surface area contributed by atoms with Gasteiger partial charge in [0, 0.05) is 31.2 Å². The zero-order valence-corrected chi connectivity index (χ0v) is 10.2. The van der Waals surface area contributed by atoms with Gasteiger partial charge in [-0.05, 0) is 37.6 Å². The first-order valence-corrected chi connectivity index (χ1v) is 6.36. The quantitative estimate of drug-likeness (QED) is 0.856. The van der Waals surface area contributed by atoms with Gasteiger partial charge in [0.25, 0.3) is 0 Å². The van der Waals surface area contributed by atoms with Crippen molar-refractivity contribution in [1.29, 1.82) is 0 Å². The van der Waals surface area contributed by atoms with Crippen LogP contribution in [0.4, 0.5) is 5.69 Å². The summed E-state index contributed by atoms with van der Waals surface area (Å²) in [5.74, 6) is 0.855. The molecule has 2 aromatic heterocycles. The fraction of sp³-hybridized carbons (Fsp3) is 0.385. The third-order valence-electron chi connectivity index (χ3n) is 3.16. The van der Waals surface area contributed by atoms with E-state index in [0.717, 1.165) is 24.6 Å². The highest BCUT2D eigenvalue weighted by atomic mass is 15.3. The van der Waals surface area contributed by atoms with E-state index < -0.39 is 0 Å². The Bertz CT molecular complexity index is 488. The minimum absolute atomic E-state index is 0.470. The number of nitrogens with zero attached hydrogens (tertiary/aromatic N) is 3. The summed E-state index contributed by atoms with van der Waals surface area (Å²) >= 11 is 0. The molecule has 0 aliphatic carbocycles. The number of rotatable bonds is 3. The molecule has 5 nitrogen and oxygen atoms in total. The van der Waals surface area contributed by atoms with E-state index in [4.69, 9.17) is 0 Å². The Labute approximate surface area is 106 Å². The molecular formula is C13H17N5. The van der Waals surface area contributed by atoms with Crippen molar-refractivity contribution in [3.63, 3.8) is 0 Å². The van der Waals surface area contributed by atoms with E-state index in [1.807, 2.05) is 18.3 Å². The number of aromatic nitrogens is 3. The molecule has 2 aromatic rings. The van der Waals surface area contributed by atoms with Crippen molar-refractivity contribution in [3.05, 3.63) is 36.8 Å². The summed E-state index contributed by atoms with van der Waals surface area (Å²) in [6.45, 7) is 2.13. The summed E-state index contributed by atoms with van der Waals surface area (Å²) in [5.41, 5.74) is 1.04. The third kappa shape index (κ3) is 2.36. The van der Waals surface area contributed by atoms with Crippen LogP contribution < -0.4 is 10.6 Å². The van der Waals surface area contributed by atoms with Crippen LogP contribution in [-0.4, -0.2) is 33.9 Å². The average molecular weight is 243 g/mol. The van der Waals surface area contributed by atoms with Crippen LogP contribution in [0, 0.1) is 0 Å². The van der Waals surface area contributed by atoms with Crippen LogP contribution in [0.3, 0.4) is 0 Å². The van der Waals surface area contributed by atoms with Gasteiger partial charge < -0.3 is 10.6 Å². The summed E-state index contributed by atoms with van der Waals surface area (Å²) in [4.78, 5) is 4.40. The van der Waals surface area contributed by atoms with Gasteiger partial charge in [0.15, 0.2) is 5.82 Å². The smallest absolute Gasteiger partial charge is 0.176 e. The Morgan fingerprint density at radius 1 is 1.33 bits per heavy atom. The van der Waals surface area contributed by atoms with Crippen LogP contribution in [0.5, 0.6) is 0 Å². The zero-order chi connectivity index (χ0) is 12.2. The van der Waals surface area contributed by atoms with Gasteiger partial charge in [0.05, 0.1) is 5.69 Å². The molecule has 5 heteroatoms. The molecule has 0 amide bonds. The van der Waals surface area contributed by atoms with E-state index in [1.165, 1.54) is 12.8 Å². The number of piperidine rings is 1. The highest BCUT2D eigenvalue weighted by Crippen LogP contribution is 2.18. The number of anilines is 1. The number of nitrogens with one attached hydrogen (secondary N) is 2. The van der Waals surface area contributed by atoms with E-state index in [0.29, 0.717) is 6.04 Å². The second-order valence-corrected chi connectivity index (χ2v) is 4.51. The monoisotopic (exact) mass is 243 g/mol. The van der Waals surface area contributed by atoms with Gasteiger partial charge in [0.2, 0.25) is 0 Å². The van der Waals surface area contributed by atoms with Gasteiger partial charge in [0.1, 0.15) is 0 Å². The molecule has 1 fully saturated rings. The molecule has 1 unspecified atom stereocenters. The van der Waals surface area contributed by atoms with Gasteiger partial charge in [-0.15, -0.1) is 0 Å². The Hall–Kier alpha value is -1.88. The Balaban J connectivity index is 1.83. The highest BCUT2D eigenvalue weighted by molar-refractivity contribution is 5.56. The fourth-order valence-electron chi connectivity index (χ4n) is 2.28. The molecule has 18 heavy (non-hydrogen) atoms. The lowest BCUT2D eigenvalue weighted by Gasteiger charge is -2.25. The van der Waals surface area contributed by atoms with Crippen LogP contribution >= 0.6 is 0 Å². The van der Waals surface area contributed by atoms with Crippen LogP contribution in [0.15, 0.2) is 36.8 Å². The van der Waals surface area contributed by atoms with Crippen molar-refractivity contribution >= 4 is 5.69 Å². The van der Waals surface area contributed by atoms with Gasteiger partial charge in [-0.3, -0.25) is 0 Å². The molecule has 1 atom stereocenters. The van der Waals surface area contributed by atoms with E-state index in [2.05, 4.69) is 26.8 Å². The predicted molar refractivity (Wildman–Crippen MR) is 70.9 cm³/mol. The van der Waals surface area contributed by atoms with Gasteiger partial charge in [-0.2, -0.15) is 5.10 Å². The van der Waals surface area contributed by atoms with Crippen molar-refractivity contribution in [2.75, 3.05) is 18.4 Å². The van der Waals surface area contributed by atoms with Crippen LogP contribution in [0.25, 0.3) is 5.82 Å². The molecule has 1 saturated heterocycles. The standard InChI is InChI=1S/C13H17N5/c1-4-11(10-14-6-1)17-12-5-2-7-15-13(12)18-9-3-8-16-18/h2-3,5,7-9,11,14,17H,1,4,6,10H2. The van der Waals surface area contributed by atoms with Crippen LogP contribution in [-0.2, 0) is 0 Å². The fourth-order valence-corrected chi connectivity index (χ4v) is 2.28. The predicted octanol–water partition coefficient (Wildman–Crippen LogP) is 1.43. The van der Waals surface area contributed by atoms with E-state index in [-0.39, 0.29) is 0 Å². The van der Waals surface area contributed by atoms with Gasteiger partial charge in [-0.25, -0.2) is 9.67 Å². The first kappa shape index (κ1) is 11.2. The largest absolute Gasteiger partial charge is 0.378 e. The van der Waals surface area contributed by atoms with Crippen molar-refractivity contribution in [3.8, 4) is 5.82 Å². The Morgan fingerprint density at radius 2 is 2.33 bits per heavy atom. The summed E-state index contributed by atoms with van der Waals surface area (Å²) in [6, 6.07) is 6.38. The van der Waals surface area contributed by atoms with E-state index >= 15 is 0 Å². The third-order valence-corrected chi connectivity index (χ3v) is 3.16. The maximum Gasteiger partial charge on any atom is 0.176 e.